The van der Waals surface area contributed by atoms with Crippen molar-refractivity contribution < 1.29 is 38.1 Å². The SMILES string of the molecule is COC(=O)[C@@H](OCc1cc([N+](=O)[O-])cc([N+](=O)[O-])c1)[C@@H](CO[Si](C)(C)C(C)(C)C)C(=O)OC(C)(C)C. The zero-order valence-corrected chi connectivity index (χ0v) is 23.3. The molecule has 202 valence electrons. The third-order valence-electron chi connectivity index (χ3n) is 5.75. The van der Waals surface area contributed by atoms with Crippen LogP contribution in [0.2, 0.25) is 18.1 Å². The third kappa shape index (κ3) is 8.95. The van der Waals surface area contributed by atoms with E-state index in [0.29, 0.717) is 0 Å². The van der Waals surface area contributed by atoms with Crippen molar-refractivity contribution in [2.75, 3.05) is 13.7 Å². The normalized spacial score (nSPS) is 14.0. The summed E-state index contributed by atoms with van der Waals surface area (Å²) in [6.07, 6.45) is -1.49. The van der Waals surface area contributed by atoms with Crippen LogP contribution >= 0.6 is 0 Å². The number of hydrogen-bond acceptors (Lipinski definition) is 10. The average Bonchev–Trinajstić information content (AvgIpc) is 2.72. The Labute approximate surface area is 211 Å². The maximum absolute atomic E-state index is 13.1. The van der Waals surface area contributed by atoms with Crippen molar-refractivity contribution in [3.05, 3.63) is 44.0 Å². The number of nitro benzene ring substituents is 2. The molecule has 0 aliphatic rings. The van der Waals surface area contributed by atoms with Crippen LogP contribution in [-0.2, 0) is 34.8 Å². The van der Waals surface area contributed by atoms with Crippen LogP contribution in [0.5, 0.6) is 0 Å². The summed E-state index contributed by atoms with van der Waals surface area (Å²) in [6, 6.07) is 3.00. The maximum Gasteiger partial charge on any atom is 0.335 e. The zero-order valence-electron chi connectivity index (χ0n) is 22.3. The summed E-state index contributed by atoms with van der Waals surface area (Å²) in [6.45, 7) is 14.4. The van der Waals surface area contributed by atoms with Crippen molar-refractivity contribution >= 4 is 31.6 Å². The topological polar surface area (TPSA) is 157 Å². The number of benzene rings is 1. The van der Waals surface area contributed by atoms with E-state index in [0.717, 1.165) is 25.3 Å². The molecule has 0 N–H and O–H groups in total. The Hall–Kier alpha value is -2.90. The van der Waals surface area contributed by atoms with E-state index in [2.05, 4.69) is 0 Å². The molecular weight excluding hydrogens is 492 g/mol. The number of hydrogen-bond donors (Lipinski definition) is 0. The van der Waals surface area contributed by atoms with Gasteiger partial charge in [-0.25, -0.2) is 4.79 Å². The minimum atomic E-state index is -2.36. The Morgan fingerprint density at radius 1 is 0.944 bits per heavy atom. The maximum atomic E-state index is 13.1. The number of esters is 2. The second-order valence-corrected chi connectivity index (χ2v) is 15.6. The van der Waals surface area contributed by atoms with Gasteiger partial charge in [0.1, 0.15) is 11.5 Å². The molecule has 0 spiro atoms. The van der Waals surface area contributed by atoms with Crippen LogP contribution in [0.15, 0.2) is 18.2 Å². The number of rotatable bonds is 11. The number of nitrogens with zero attached hydrogens (tertiary/aromatic N) is 2. The van der Waals surface area contributed by atoms with Crippen molar-refractivity contribution in [1.82, 2.24) is 0 Å². The molecule has 12 nitrogen and oxygen atoms in total. The summed E-state index contributed by atoms with van der Waals surface area (Å²) in [5.41, 5.74) is -1.82. The zero-order chi connectivity index (χ0) is 28.1. The Balaban J connectivity index is 3.36. The molecular formula is C23H36N2O10Si. The Morgan fingerprint density at radius 3 is 1.83 bits per heavy atom. The van der Waals surface area contributed by atoms with Gasteiger partial charge in [-0.3, -0.25) is 25.0 Å². The van der Waals surface area contributed by atoms with Gasteiger partial charge >= 0.3 is 11.9 Å². The van der Waals surface area contributed by atoms with Gasteiger partial charge in [0.15, 0.2) is 14.4 Å². The Bertz CT molecular complexity index is 950. The summed E-state index contributed by atoms with van der Waals surface area (Å²) >= 11 is 0. The fraction of sp³-hybridized carbons (Fsp3) is 0.652. The van der Waals surface area contributed by atoms with Gasteiger partial charge in [0.2, 0.25) is 0 Å². The van der Waals surface area contributed by atoms with Gasteiger partial charge in [-0.15, -0.1) is 0 Å². The number of carbonyl (C=O) groups is 2. The third-order valence-corrected chi connectivity index (χ3v) is 10.3. The van der Waals surface area contributed by atoms with E-state index in [4.69, 9.17) is 18.6 Å². The van der Waals surface area contributed by atoms with Crippen LogP contribution in [0.4, 0.5) is 11.4 Å². The second-order valence-electron chi connectivity index (χ2n) is 10.8. The monoisotopic (exact) mass is 528 g/mol. The highest BCUT2D eigenvalue weighted by Gasteiger charge is 2.43. The first-order valence-corrected chi connectivity index (χ1v) is 14.2. The van der Waals surface area contributed by atoms with Gasteiger partial charge in [0.25, 0.3) is 11.4 Å². The Kier molecular flexibility index (Phi) is 10.3. The molecule has 1 rings (SSSR count). The molecule has 1 aromatic rings. The molecule has 0 bridgehead atoms. The van der Waals surface area contributed by atoms with Gasteiger partial charge in [0, 0.05) is 12.1 Å². The first-order chi connectivity index (χ1) is 16.3. The summed E-state index contributed by atoms with van der Waals surface area (Å²) in [4.78, 5) is 46.7. The molecule has 0 saturated carbocycles. The average molecular weight is 529 g/mol. The fourth-order valence-corrected chi connectivity index (χ4v) is 3.80. The molecule has 0 aromatic heterocycles. The largest absolute Gasteiger partial charge is 0.467 e. The molecule has 0 radical (unpaired) electrons. The summed E-state index contributed by atoms with van der Waals surface area (Å²) < 4.78 is 22.3. The van der Waals surface area contributed by atoms with Crippen molar-refractivity contribution in [1.29, 1.82) is 0 Å². The number of ether oxygens (including phenoxy) is 3. The standard InChI is InChI=1S/C23H36N2O10Si/c1-22(2,3)35-20(26)18(14-34-36(8,9)23(4,5)6)19(21(27)32-7)33-13-15-10-16(24(28)29)12-17(11-15)25(30)31/h10-12,18-19H,13-14H2,1-9H3/t18-,19+/m1/s1. The Morgan fingerprint density at radius 2 is 1.44 bits per heavy atom. The highest BCUT2D eigenvalue weighted by atomic mass is 28.4. The van der Waals surface area contributed by atoms with Crippen molar-refractivity contribution in [3.63, 3.8) is 0 Å². The van der Waals surface area contributed by atoms with E-state index in [9.17, 15) is 29.8 Å². The van der Waals surface area contributed by atoms with E-state index < -0.39 is 65.7 Å². The van der Waals surface area contributed by atoms with E-state index in [1.165, 1.54) is 0 Å². The van der Waals surface area contributed by atoms with Crippen LogP contribution in [-0.4, -0.2) is 55.5 Å². The quantitative estimate of drug-likeness (QED) is 0.173. The van der Waals surface area contributed by atoms with Crippen molar-refractivity contribution in [2.24, 2.45) is 5.92 Å². The highest BCUT2D eigenvalue weighted by Crippen LogP contribution is 2.37. The number of non-ortho nitro benzene ring substituents is 2. The molecule has 0 aliphatic carbocycles. The lowest BCUT2D eigenvalue weighted by Gasteiger charge is -2.38. The van der Waals surface area contributed by atoms with Gasteiger partial charge in [-0.2, -0.15) is 0 Å². The molecule has 13 heteroatoms. The molecule has 1 aromatic carbocycles. The van der Waals surface area contributed by atoms with E-state index in [1.807, 2.05) is 33.9 Å². The molecule has 2 atom stereocenters. The summed E-state index contributed by atoms with van der Waals surface area (Å²) in [5, 5.41) is 22.2. The fourth-order valence-electron chi connectivity index (χ4n) is 2.77. The molecule has 0 heterocycles. The molecule has 0 unspecified atom stereocenters. The number of carbonyl (C=O) groups excluding carboxylic acids is 2. The van der Waals surface area contributed by atoms with Crippen LogP contribution in [0.3, 0.4) is 0 Å². The van der Waals surface area contributed by atoms with Crippen molar-refractivity contribution in [2.45, 2.75) is 78.0 Å². The van der Waals surface area contributed by atoms with E-state index in [1.54, 1.807) is 20.8 Å². The van der Waals surface area contributed by atoms with Gasteiger partial charge in [0.05, 0.1) is 36.2 Å². The summed E-state index contributed by atoms with van der Waals surface area (Å²) in [5.74, 6) is -2.86. The predicted molar refractivity (Wildman–Crippen MR) is 133 cm³/mol. The summed E-state index contributed by atoms with van der Waals surface area (Å²) in [7, 11) is -1.23. The first-order valence-electron chi connectivity index (χ1n) is 11.3. The molecule has 0 fully saturated rings. The smallest absolute Gasteiger partial charge is 0.335 e. The highest BCUT2D eigenvalue weighted by molar-refractivity contribution is 6.74. The van der Waals surface area contributed by atoms with Gasteiger partial charge < -0.3 is 18.6 Å². The van der Waals surface area contributed by atoms with E-state index in [-0.39, 0.29) is 17.2 Å². The van der Waals surface area contributed by atoms with Crippen LogP contribution < -0.4 is 0 Å². The lowest BCUT2D eigenvalue weighted by molar-refractivity contribution is -0.394. The van der Waals surface area contributed by atoms with Crippen LogP contribution in [0.25, 0.3) is 0 Å². The predicted octanol–water partition coefficient (Wildman–Crippen LogP) is 4.54. The molecule has 0 amide bonds. The molecule has 0 aliphatic heterocycles. The van der Waals surface area contributed by atoms with E-state index >= 15 is 0 Å². The lowest BCUT2D eigenvalue weighted by atomic mass is 10.0. The number of methoxy groups -OCH3 is 1. The molecule has 36 heavy (non-hydrogen) atoms. The first kappa shape index (κ1) is 31.1. The van der Waals surface area contributed by atoms with Crippen LogP contribution in [0, 0.1) is 26.1 Å². The lowest BCUT2D eigenvalue weighted by Crippen LogP contribution is -2.48. The molecule has 0 saturated heterocycles. The van der Waals surface area contributed by atoms with Crippen molar-refractivity contribution in [3.8, 4) is 0 Å². The van der Waals surface area contributed by atoms with Gasteiger partial charge in [-0.05, 0) is 44.5 Å². The minimum Gasteiger partial charge on any atom is -0.467 e. The number of nitro groups is 2. The van der Waals surface area contributed by atoms with Crippen LogP contribution in [0.1, 0.15) is 47.1 Å². The minimum absolute atomic E-state index is 0.0676. The van der Waals surface area contributed by atoms with Gasteiger partial charge in [-0.1, -0.05) is 20.8 Å². The second kappa shape index (κ2) is 11.9.